The van der Waals surface area contributed by atoms with E-state index in [0.29, 0.717) is 18.0 Å². The molecule has 0 saturated carbocycles. The van der Waals surface area contributed by atoms with Gasteiger partial charge < -0.3 is 14.8 Å². The Morgan fingerprint density at radius 1 is 1.32 bits per heavy atom. The number of esters is 1. The van der Waals surface area contributed by atoms with Gasteiger partial charge in [-0.1, -0.05) is 18.7 Å². The molecule has 0 bridgehead atoms. The fourth-order valence-electron chi connectivity index (χ4n) is 1.34. The maximum Gasteiger partial charge on any atom is 0.336 e. The fraction of sp³-hybridized carbons (Fsp3) is 0.286. The summed E-state index contributed by atoms with van der Waals surface area (Å²) in [6.45, 7) is 7.02. The highest BCUT2D eigenvalue weighted by atomic mass is 16.5. The number of carbonyl (C=O) groups is 2. The van der Waals surface area contributed by atoms with Crippen LogP contribution in [-0.2, 0) is 14.3 Å². The maximum atomic E-state index is 11.4. The summed E-state index contributed by atoms with van der Waals surface area (Å²) in [4.78, 5) is 22.4. The largest absolute Gasteiger partial charge is 0.486 e. The molecule has 0 aromatic heterocycles. The van der Waals surface area contributed by atoms with Crippen LogP contribution >= 0.6 is 0 Å². The van der Waals surface area contributed by atoms with Gasteiger partial charge in [-0.15, -0.1) is 0 Å². The first kappa shape index (κ1) is 14.8. The number of amides is 1. The van der Waals surface area contributed by atoms with Gasteiger partial charge in [0.15, 0.2) is 0 Å². The minimum absolute atomic E-state index is 0.00936. The van der Waals surface area contributed by atoms with E-state index in [2.05, 4.69) is 11.9 Å². The van der Waals surface area contributed by atoms with Crippen LogP contribution < -0.4 is 10.1 Å². The molecule has 0 aliphatic rings. The number of rotatable bonds is 6. The van der Waals surface area contributed by atoms with Crippen molar-refractivity contribution in [3.05, 3.63) is 36.4 Å². The van der Waals surface area contributed by atoms with Gasteiger partial charge in [-0.25, -0.2) is 4.79 Å². The molecule has 0 unspecified atom stereocenters. The molecule has 19 heavy (non-hydrogen) atoms. The summed E-state index contributed by atoms with van der Waals surface area (Å²) < 4.78 is 10.3. The van der Waals surface area contributed by atoms with Gasteiger partial charge in [0, 0.05) is 6.92 Å². The van der Waals surface area contributed by atoms with Crippen molar-refractivity contribution < 1.29 is 19.1 Å². The van der Waals surface area contributed by atoms with Crippen LogP contribution in [0.2, 0.25) is 0 Å². The number of hydrogen-bond acceptors (Lipinski definition) is 4. The topological polar surface area (TPSA) is 64.6 Å². The number of nitrogens with one attached hydrogen (secondary N) is 1. The standard InChI is InChI=1S/C14H17NO4/c1-4-18-14(17)10(2)9-19-13-8-6-5-7-12(13)15-11(3)16/h5-8H,2,4,9H2,1,3H3,(H,15,16). The monoisotopic (exact) mass is 263 g/mol. The predicted octanol–water partition coefficient (Wildman–Crippen LogP) is 2.14. The molecular formula is C14H17NO4. The molecule has 0 spiro atoms. The van der Waals surface area contributed by atoms with Crippen molar-refractivity contribution in [1.82, 2.24) is 0 Å². The number of ether oxygens (including phenoxy) is 2. The fourth-order valence-corrected chi connectivity index (χ4v) is 1.34. The maximum absolute atomic E-state index is 11.4. The van der Waals surface area contributed by atoms with Gasteiger partial charge in [-0.3, -0.25) is 4.79 Å². The van der Waals surface area contributed by atoms with Crippen molar-refractivity contribution in [2.24, 2.45) is 0 Å². The highest BCUT2D eigenvalue weighted by Crippen LogP contribution is 2.24. The van der Waals surface area contributed by atoms with Crippen LogP contribution in [0.3, 0.4) is 0 Å². The second-order valence-electron chi connectivity index (χ2n) is 3.79. The number of para-hydroxylation sites is 2. The third-order valence-electron chi connectivity index (χ3n) is 2.16. The summed E-state index contributed by atoms with van der Waals surface area (Å²) >= 11 is 0. The molecular weight excluding hydrogens is 246 g/mol. The first-order chi connectivity index (χ1) is 9.04. The van der Waals surface area contributed by atoms with Crippen LogP contribution in [0.15, 0.2) is 36.4 Å². The summed E-state index contributed by atoms with van der Waals surface area (Å²) in [6, 6.07) is 6.96. The van der Waals surface area contributed by atoms with Gasteiger partial charge in [0.25, 0.3) is 0 Å². The lowest BCUT2D eigenvalue weighted by Gasteiger charge is -2.12. The van der Waals surface area contributed by atoms with E-state index in [1.54, 1.807) is 31.2 Å². The van der Waals surface area contributed by atoms with Crippen LogP contribution in [-0.4, -0.2) is 25.1 Å². The Labute approximate surface area is 112 Å². The predicted molar refractivity (Wildman–Crippen MR) is 72.0 cm³/mol. The van der Waals surface area contributed by atoms with Crippen LogP contribution in [0.5, 0.6) is 5.75 Å². The zero-order valence-electron chi connectivity index (χ0n) is 11.1. The molecule has 1 amide bonds. The Balaban J connectivity index is 2.64. The quantitative estimate of drug-likeness (QED) is 0.631. The molecule has 1 N–H and O–H groups in total. The van der Waals surface area contributed by atoms with Crippen LogP contribution in [0, 0.1) is 0 Å². The molecule has 0 aliphatic carbocycles. The van der Waals surface area contributed by atoms with E-state index in [1.807, 2.05) is 0 Å². The molecule has 102 valence electrons. The lowest BCUT2D eigenvalue weighted by atomic mass is 10.3. The highest BCUT2D eigenvalue weighted by Gasteiger charge is 2.10. The van der Waals surface area contributed by atoms with Crippen molar-refractivity contribution in [2.75, 3.05) is 18.5 Å². The third-order valence-corrected chi connectivity index (χ3v) is 2.16. The van der Waals surface area contributed by atoms with Gasteiger partial charge in [-0.2, -0.15) is 0 Å². The van der Waals surface area contributed by atoms with Crippen LogP contribution in [0.4, 0.5) is 5.69 Å². The number of carbonyl (C=O) groups excluding carboxylic acids is 2. The molecule has 0 radical (unpaired) electrons. The van der Waals surface area contributed by atoms with Gasteiger partial charge in [0.1, 0.15) is 12.4 Å². The molecule has 5 heteroatoms. The first-order valence-corrected chi connectivity index (χ1v) is 5.89. The summed E-state index contributed by atoms with van der Waals surface area (Å²) in [5, 5.41) is 2.64. The third kappa shape index (κ3) is 4.83. The summed E-state index contributed by atoms with van der Waals surface area (Å²) in [5.41, 5.74) is 0.770. The molecule has 0 fully saturated rings. The molecule has 1 aromatic carbocycles. The van der Waals surface area contributed by atoms with E-state index in [9.17, 15) is 9.59 Å². The van der Waals surface area contributed by atoms with Crippen LogP contribution in [0.25, 0.3) is 0 Å². The normalized spacial score (nSPS) is 9.58. The van der Waals surface area contributed by atoms with Gasteiger partial charge in [0.2, 0.25) is 5.91 Å². The van der Waals surface area contributed by atoms with Crippen LogP contribution in [0.1, 0.15) is 13.8 Å². The molecule has 0 saturated heterocycles. The minimum Gasteiger partial charge on any atom is -0.486 e. The zero-order valence-corrected chi connectivity index (χ0v) is 11.1. The van der Waals surface area contributed by atoms with Gasteiger partial charge in [-0.05, 0) is 19.1 Å². The Bertz CT molecular complexity index is 482. The number of anilines is 1. The van der Waals surface area contributed by atoms with Crippen molar-refractivity contribution in [1.29, 1.82) is 0 Å². The van der Waals surface area contributed by atoms with E-state index >= 15 is 0 Å². The summed E-state index contributed by atoms with van der Waals surface area (Å²) in [6.07, 6.45) is 0. The molecule has 5 nitrogen and oxygen atoms in total. The SMILES string of the molecule is C=C(COc1ccccc1NC(C)=O)C(=O)OCC. The minimum atomic E-state index is -0.487. The van der Waals surface area contributed by atoms with Crippen molar-refractivity contribution >= 4 is 17.6 Å². The zero-order chi connectivity index (χ0) is 14.3. The van der Waals surface area contributed by atoms with E-state index in [-0.39, 0.29) is 18.1 Å². The Hall–Kier alpha value is -2.30. The number of hydrogen-bond donors (Lipinski definition) is 1. The molecule has 1 rings (SSSR count). The second kappa shape index (κ2) is 7.20. The summed E-state index contributed by atoms with van der Waals surface area (Å²) in [5.74, 6) is -0.206. The average molecular weight is 263 g/mol. The van der Waals surface area contributed by atoms with Crippen molar-refractivity contribution in [3.8, 4) is 5.75 Å². The highest BCUT2D eigenvalue weighted by molar-refractivity contribution is 5.90. The summed E-state index contributed by atoms with van der Waals surface area (Å²) in [7, 11) is 0. The first-order valence-electron chi connectivity index (χ1n) is 5.89. The smallest absolute Gasteiger partial charge is 0.336 e. The Kier molecular flexibility index (Phi) is 5.60. The van der Waals surface area contributed by atoms with Gasteiger partial charge >= 0.3 is 5.97 Å². The molecule has 0 heterocycles. The van der Waals surface area contributed by atoms with E-state index in [4.69, 9.17) is 9.47 Å². The van der Waals surface area contributed by atoms with Crippen molar-refractivity contribution in [2.45, 2.75) is 13.8 Å². The average Bonchev–Trinajstić information content (AvgIpc) is 2.37. The molecule has 0 atom stereocenters. The van der Waals surface area contributed by atoms with E-state index < -0.39 is 5.97 Å². The van der Waals surface area contributed by atoms with E-state index in [0.717, 1.165) is 0 Å². The lowest BCUT2D eigenvalue weighted by molar-refractivity contribution is -0.138. The van der Waals surface area contributed by atoms with E-state index in [1.165, 1.54) is 6.92 Å². The van der Waals surface area contributed by atoms with Crippen molar-refractivity contribution in [3.63, 3.8) is 0 Å². The Morgan fingerprint density at radius 2 is 2.00 bits per heavy atom. The Morgan fingerprint density at radius 3 is 2.63 bits per heavy atom. The number of benzene rings is 1. The lowest BCUT2D eigenvalue weighted by Crippen LogP contribution is -2.14. The van der Waals surface area contributed by atoms with Gasteiger partial charge in [0.05, 0.1) is 17.9 Å². The second-order valence-corrected chi connectivity index (χ2v) is 3.79. The molecule has 1 aromatic rings. The molecule has 0 aliphatic heterocycles.